The molecule has 0 aliphatic carbocycles. The summed E-state index contributed by atoms with van der Waals surface area (Å²) < 4.78 is 5.15. The summed E-state index contributed by atoms with van der Waals surface area (Å²) in [6.45, 7) is 2.17. The van der Waals surface area contributed by atoms with Crippen molar-refractivity contribution in [1.29, 1.82) is 0 Å². The Bertz CT molecular complexity index is 637. The average Bonchev–Trinajstić information content (AvgIpc) is 2.38. The Morgan fingerprint density at radius 1 is 1.35 bits per heavy atom. The lowest BCUT2D eigenvalue weighted by molar-refractivity contribution is -0.387. The standard InChI is InChI=1S/C11H11N5O3S/c1-2-19-10-13-9(12)14-11(15-10)20-8-6-4-3-5-7(8)16(17)18/h3-6H,2H2,1H3,(H2,12,13,14,15). The van der Waals surface area contributed by atoms with E-state index in [9.17, 15) is 10.1 Å². The molecule has 1 heterocycles. The zero-order valence-electron chi connectivity index (χ0n) is 10.5. The van der Waals surface area contributed by atoms with Crippen molar-refractivity contribution in [3.63, 3.8) is 0 Å². The third-order valence-corrected chi connectivity index (χ3v) is 3.08. The second kappa shape index (κ2) is 6.15. The third kappa shape index (κ3) is 3.32. The predicted octanol–water partition coefficient (Wildman–Crippen LogP) is 1.91. The Morgan fingerprint density at radius 3 is 2.80 bits per heavy atom. The molecular formula is C11H11N5O3S. The minimum absolute atomic E-state index is 0.00420. The van der Waals surface area contributed by atoms with Crippen LogP contribution in [0.15, 0.2) is 34.3 Å². The van der Waals surface area contributed by atoms with Crippen molar-refractivity contribution in [1.82, 2.24) is 15.0 Å². The number of anilines is 1. The molecule has 0 bridgehead atoms. The Kier molecular flexibility index (Phi) is 4.31. The van der Waals surface area contributed by atoms with Gasteiger partial charge in [-0.3, -0.25) is 10.1 Å². The fourth-order valence-electron chi connectivity index (χ4n) is 1.38. The largest absolute Gasteiger partial charge is 0.464 e. The highest BCUT2D eigenvalue weighted by Crippen LogP contribution is 2.33. The molecule has 0 saturated heterocycles. The summed E-state index contributed by atoms with van der Waals surface area (Å²) in [6.07, 6.45) is 0. The summed E-state index contributed by atoms with van der Waals surface area (Å²) in [5.41, 5.74) is 5.53. The van der Waals surface area contributed by atoms with Gasteiger partial charge >= 0.3 is 6.01 Å². The van der Waals surface area contributed by atoms with Crippen molar-refractivity contribution in [2.75, 3.05) is 12.3 Å². The van der Waals surface area contributed by atoms with Crippen LogP contribution >= 0.6 is 11.8 Å². The Hall–Kier alpha value is -2.42. The molecule has 1 aromatic carbocycles. The molecule has 0 atom stereocenters. The van der Waals surface area contributed by atoms with E-state index >= 15 is 0 Å². The number of nitrogens with two attached hydrogens (primary N) is 1. The number of para-hydroxylation sites is 1. The number of aromatic nitrogens is 3. The van der Waals surface area contributed by atoms with Gasteiger partial charge < -0.3 is 10.5 Å². The maximum absolute atomic E-state index is 10.9. The van der Waals surface area contributed by atoms with Crippen LogP contribution in [-0.2, 0) is 0 Å². The summed E-state index contributed by atoms with van der Waals surface area (Å²) in [5.74, 6) is 0.00420. The van der Waals surface area contributed by atoms with Gasteiger partial charge in [0.2, 0.25) is 11.1 Å². The molecule has 2 N–H and O–H groups in total. The van der Waals surface area contributed by atoms with Crippen LogP contribution in [0.1, 0.15) is 6.92 Å². The summed E-state index contributed by atoms with van der Waals surface area (Å²) >= 11 is 1.03. The zero-order valence-corrected chi connectivity index (χ0v) is 11.3. The molecule has 8 nitrogen and oxygen atoms in total. The van der Waals surface area contributed by atoms with Gasteiger partial charge in [0.15, 0.2) is 0 Å². The van der Waals surface area contributed by atoms with Gasteiger partial charge in [0, 0.05) is 6.07 Å². The van der Waals surface area contributed by atoms with Crippen LogP contribution in [0.4, 0.5) is 11.6 Å². The summed E-state index contributed by atoms with van der Waals surface area (Å²) in [6, 6.07) is 6.42. The highest BCUT2D eigenvalue weighted by atomic mass is 32.2. The molecule has 0 radical (unpaired) electrons. The molecule has 0 fully saturated rings. The van der Waals surface area contributed by atoms with Gasteiger partial charge in [0.05, 0.1) is 16.4 Å². The number of nitro groups is 1. The second-order valence-corrected chi connectivity index (χ2v) is 4.53. The Balaban J connectivity index is 2.32. The molecule has 2 rings (SSSR count). The normalized spacial score (nSPS) is 10.2. The van der Waals surface area contributed by atoms with Crippen LogP contribution in [0.2, 0.25) is 0 Å². The van der Waals surface area contributed by atoms with Gasteiger partial charge in [0.1, 0.15) is 0 Å². The van der Waals surface area contributed by atoms with Gasteiger partial charge in [-0.25, -0.2) is 0 Å². The highest BCUT2D eigenvalue weighted by molar-refractivity contribution is 7.99. The monoisotopic (exact) mass is 293 g/mol. The minimum atomic E-state index is -0.462. The molecule has 0 aliphatic heterocycles. The molecule has 2 aromatic rings. The second-order valence-electron chi connectivity index (χ2n) is 3.52. The van der Waals surface area contributed by atoms with Crippen LogP contribution in [0.25, 0.3) is 0 Å². The molecular weight excluding hydrogens is 282 g/mol. The van der Waals surface area contributed by atoms with Crippen molar-refractivity contribution in [2.45, 2.75) is 17.0 Å². The van der Waals surface area contributed by atoms with Crippen LogP contribution in [0.3, 0.4) is 0 Å². The molecule has 0 spiro atoms. The Labute approximate surface area is 118 Å². The van der Waals surface area contributed by atoms with E-state index in [-0.39, 0.29) is 22.8 Å². The van der Waals surface area contributed by atoms with E-state index in [1.165, 1.54) is 6.07 Å². The number of hydrogen-bond acceptors (Lipinski definition) is 8. The van der Waals surface area contributed by atoms with E-state index < -0.39 is 4.92 Å². The van der Waals surface area contributed by atoms with E-state index in [2.05, 4.69) is 15.0 Å². The highest BCUT2D eigenvalue weighted by Gasteiger charge is 2.16. The SMILES string of the molecule is CCOc1nc(N)nc(Sc2ccccc2[N+](=O)[O-])n1. The minimum Gasteiger partial charge on any atom is -0.464 e. The smallest absolute Gasteiger partial charge is 0.322 e. The first-order valence-electron chi connectivity index (χ1n) is 5.65. The lowest BCUT2D eigenvalue weighted by Gasteiger charge is -2.05. The van der Waals surface area contributed by atoms with Crippen molar-refractivity contribution in [3.8, 4) is 6.01 Å². The van der Waals surface area contributed by atoms with Crippen molar-refractivity contribution >= 4 is 23.4 Å². The van der Waals surface area contributed by atoms with E-state index in [1.807, 2.05) is 0 Å². The first kappa shape index (κ1) is 14.0. The number of rotatable bonds is 5. The molecule has 1 aromatic heterocycles. The third-order valence-electron chi connectivity index (χ3n) is 2.15. The van der Waals surface area contributed by atoms with Crippen molar-refractivity contribution in [3.05, 3.63) is 34.4 Å². The summed E-state index contributed by atoms with van der Waals surface area (Å²) in [5, 5.41) is 11.2. The fraction of sp³-hybridized carbons (Fsp3) is 0.182. The van der Waals surface area contributed by atoms with Crippen LogP contribution in [-0.4, -0.2) is 26.5 Å². The first-order chi connectivity index (χ1) is 9.60. The predicted molar refractivity (Wildman–Crippen MR) is 72.6 cm³/mol. The number of nitrogen functional groups attached to an aromatic ring is 1. The summed E-state index contributed by atoms with van der Waals surface area (Å²) in [7, 11) is 0. The van der Waals surface area contributed by atoms with Gasteiger partial charge in [-0.1, -0.05) is 12.1 Å². The molecule has 0 saturated carbocycles. The van der Waals surface area contributed by atoms with Gasteiger partial charge in [-0.15, -0.1) is 0 Å². The zero-order chi connectivity index (χ0) is 14.5. The Morgan fingerprint density at radius 2 is 2.10 bits per heavy atom. The van der Waals surface area contributed by atoms with Gasteiger partial charge in [-0.2, -0.15) is 15.0 Å². The quantitative estimate of drug-likeness (QED) is 0.656. The number of nitro benzene ring substituents is 1. The van der Waals surface area contributed by atoms with E-state index in [0.29, 0.717) is 11.5 Å². The number of benzene rings is 1. The number of hydrogen-bond donors (Lipinski definition) is 1. The topological polar surface area (TPSA) is 117 Å². The molecule has 0 aliphatic rings. The molecule has 9 heteroatoms. The fourth-order valence-corrected chi connectivity index (χ4v) is 2.24. The van der Waals surface area contributed by atoms with E-state index in [1.54, 1.807) is 25.1 Å². The maximum atomic E-state index is 10.9. The van der Waals surface area contributed by atoms with E-state index in [0.717, 1.165) is 11.8 Å². The number of ether oxygens (including phenoxy) is 1. The van der Waals surface area contributed by atoms with Gasteiger partial charge in [-0.05, 0) is 24.8 Å². The van der Waals surface area contributed by atoms with Crippen LogP contribution in [0, 0.1) is 10.1 Å². The molecule has 104 valence electrons. The molecule has 0 unspecified atom stereocenters. The lowest BCUT2D eigenvalue weighted by Crippen LogP contribution is -2.04. The average molecular weight is 293 g/mol. The lowest BCUT2D eigenvalue weighted by atomic mass is 10.3. The van der Waals surface area contributed by atoms with Crippen molar-refractivity contribution in [2.24, 2.45) is 0 Å². The molecule has 0 amide bonds. The summed E-state index contributed by atoms with van der Waals surface area (Å²) in [4.78, 5) is 22.7. The van der Waals surface area contributed by atoms with Crippen molar-refractivity contribution < 1.29 is 9.66 Å². The van der Waals surface area contributed by atoms with Gasteiger partial charge in [0.25, 0.3) is 5.69 Å². The molecule has 20 heavy (non-hydrogen) atoms. The first-order valence-corrected chi connectivity index (χ1v) is 6.47. The maximum Gasteiger partial charge on any atom is 0.322 e. The number of nitrogens with zero attached hydrogens (tertiary/aromatic N) is 4. The van der Waals surface area contributed by atoms with Crippen LogP contribution in [0.5, 0.6) is 6.01 Å². The van der Waals surface area contributed by atoms with Crippen LogP contribution < -0.4 is 10.5 Å². The van der Waals surface area contributed by atoms with E-state index in [4.69, 9.17) is 10.5 Å².